The van der Waals surface area contributed by atoms with Crippen LogP contribution in [0.4, 0.5) is 5.69 Å². The van der Waals surface area contributed by atoms with Crippen molar-refractivity contribution in [3.8, 4) is 5.75 Å². The monoisotopic (exact) mass is 425 g/mol. The molecule has 156 valence electrons. The predicted octanol–water partition coefficient (Wildman–Crippen LogP) is 2.66. The summed E-state index contributed by atoms with van der Waals surface area (Å²) in [5.74, 6) is 0.499. The second kappa shape index (κ2) is 9.53. The summed E-state index contributed by atoms with van der Waals surface area (Å²) in [4.78, 5) is 12.4. The van der Waals surface area contributed by atoms with Gasteiger partial charge in [-0.2, -0.15) is 0 Å². The van der Waals surface area contributed by atoms with Crippen molar-refractivity contribution in [1.82, 2.24) is 5.32 Å². The van der Waals surface area contributed by atoms with Gasteiger partial charge in [0, 0.05) is 5.69 Å². The number of methoxy groups -OCH3 is 1. The average molecular weight is 426 g/mol. The van der Waals surface area contributed by atoms with Crippen LogP contribution < -0.4 is 20.5 Å². The van der Waals surface area contributed by atoms with Crippen molar-refractivity contribution in [2.24, 2.45) is 5.14 Å². The summed E-state index contributed by atoms with van der Waals surface area (Å²) < 4.78 is 27.9. The van der Waals surface area contributed by atoms with E-state index in [0.29, 0.717) is 5.69 Å². The molecular weight excluding hydrogens is 402 g/mol. The van der Waals surface area contributed by atoms with Crippen molar-refractivity contribution in [3.63, 3.8) is 0 Å². The number of benzene rings is 3. The number of carbonyl (C=O) groups excluding carboxylic acids is 1. The highest BCUT2D eigenvalue weighted by Crippen LogP contribution is 2.24. The Morgan fingerprint density at radius 3 is 2.10 bits per heavy atom. The number of hydrogen-bond acceptors (Lipinski definition) is 5. The first kappa shape index (κ1) is 21.5. The maximum Gasteiger partial charge on any atom is 0.238 e. The molecule has 0 spiro atoms. The Morgan fingerprint density at radius 2 is 1.53 bits per heavy atom. The number of hydrogen-bond donors (Lipinski definition) is 3. The van der Waals surface area contributed by atoms with Gasteiger partial charge in [0.15, 0.2) is 0 Å². The van der Waals surface area contributed by atoms with Gasteiger partial charge in [0.25, 0.3) is 0 Å². The molecule has 0 radical (unpaired) electrons. The molecule has 3 aromatic carbocycles. The molecule has 0 aliphatic heterocycles. The molecule has 1 atom stereocenters. The summed E-state index contributed by atoms with van der Waals surface area (Å²) in [6, 6.07) is 23.0. The highest BCUT2D eigenvalue weighted by atomic mass is 32.2. The van der Waals surface area contributed by atoms with E-state index in [2.05, 4.69) is 10.6 Å². The number of primary sulfonamides is 1. The minimum atomic E-state index is -3.77. The number of ether oxygens (including phenoxy) is 1. The number of sulfonamides is 1. The summed E-state index contributed by atoms with van der Waals surface area (Å²) in [6.45, 7) is 0.0581. The molecule has 7 nitrogen and oxygen atoms in total. The van der Waals surface area contributed by atoms with Crippen LogP contribution in [0.1, 0.15) is 17.2 Å². The van der Waals surface area contributed by atoms with Gasteiger partial charge < -0.3 is 10.1 Å². The van der Waals surface area contributed by atoms with Crippen molar-refractivity contribution in [2.45, 2.75) is 10.9 Å². The molecule has 3 rings (SSSR count). The third kappa shape index (κ3) is 5.66. The van der Waals surface area contributed by atoms with E-state index in [4.69, 9.17) is 9.88 Å². The van der Waals surface area contributed by atoms with E-state index in [1.807, 2.05) is 54.6 Å². The van der Waals surface area contributed by atoms with E-state index in [0.717, 1.165) is 16.9 Å². The number of rotatable bonds is 8. The van der Waals surface area contributed by atoms with Gasteiger partial charge in [-0.1, -0.05) is 42.5 Å². The number of carbonyl (C=O) groups is 1. The Morgan fingerprint density at radius 1 is 0.933 bits per heavy atom. The van der Waals surface area contributed by atoms with Crippen molar-refractivity contribution < 1.29 is 17.9 Å². The van der Waals surface area contributed by atoms with Gasteiger partial charge in [0.05, 0.1) is 24.6 Å². The molecule has 0 fully saturated rings. The third-order valence-corrected chi connectivity index (χ3v) is 5.44. The minimum Gasteiger partial charge on any atom is -0.497 e. The zero-order chi connectivity index (χ0) is 21.6. The maximum absolute atomic E-state index is 12.4. The second-order valence-corrected chi connectivity index (χ2v) is 8.18. The van der Waals surface area contributed by atoms with Gasteiger partial charge in [-0.25, -0.2) is 13.6 Å². The number of nitrogens with one attached hydrogen (secondary N) is 2. The molecule has 30 heavy (non-hydrogen) atoms. The van der Waals surface area contributed by atoms with Crippen LogP contribution in [-0.2, 0) is 14.8 Å². The number of amides is 1. The van der Waals surface area contributed by atoms with Crippen LogP contribution in [0.25, 0.3) is 0 Å². The average Bonchev–Trinajstić information content (AvgIpc) is 2.75. The Bertz CT molecular complexity index is 1080. The van der Waals surface area contributed by atoms with Crippen molar-refractivity contribution in [1.29, 1.82) is 0 Å². The number of nitrogens with two attached hydrogens (primary N) is 1. The predicted molar refractivity (Wildman–Crippen MR) is 116 cm³/mol. The zero-order valence-electron chi connectivity index (χ0n) is 16.4. The molecule has 0 heterocycles. The fourth-order valence-corrected chi connectivity index (χ4v) is 3.51. The molecule has 4 N–H and O–H groups in total. The van der Waals surface area contributed by atoms with Crippen LogP contribution in [0.15, 0.2) is 83.8 Å². The zero-order valence-corrected chi connectivity index (χ0v) is 17.2. The smallest absolute Gasteiger partial charge is 0.238 e. The fourth-order valence-electron chi connectivity index (χ4n) is 3.00. The van der Waals surface area contributed by atoms with Crippen molar-refractivity contribution in [3.05, 3.63) is 90.0 Å². The van der Waals surface area contributed by atoms with Gasteiger partial charge in [-0.05, 0) is 47.5 Å². The molecule has 8 heteroatoms. The Kier molecular flexibility index (Phi) is 6.83. The van der Waals surface area contributed by atoms with Crippen LogP contribution in [0.2, 0.25) is 0 Å². The van der Waals surface area contributed by atoms with Gasteiger partial charge >= 0.3 is 0 Å². The van der Waals surface area contributed by atoms with E-state index in [-0.39, 0.29) is 23.4 Å². The number of anilines is 1. The first-order valence-electron chi connectivity index (χ1n) is 9.22. The summed E-state index contributed by atoms with van der Waals surface area (Å²) in [5.41, 5.74) is 2.50. The molecule has 0 aliphatic carbocycles. The summed E-state index contributed by atoms with van der Waals surface area (Å²) in [5, 5.41) is 11.1. The van der Waals surface area contributed by atoms with Crippen LogP contribution in [0.5, 0.6) is 5.75 Å². The molecule has 0 unspecified atom stereocenters. The lowest BCUT2D eigenvalue weighted by atomic mass is 9.98. The highest BCUT2D eigenvalue weighted by molar-refractivity contribution is 7.89. The topological polar surface area (TPSA) is 111 Å². The lowest BCUT2D eigenvalue weighted by Gasteiger charge is -2.20. The van der Waals surface area contributed by atoms with E-state index in [1.54, 1.807) is 7.11 Å². The van der Waals surface area contributed by atoms with Crippen LogP contribution in [0, 0.1) is 0 Å². The van der Waals surface area contributed by atoms with Crippen LogP contribution >= 0.6 is 0 Å². The van der Waals surface area contributed by atoms with Crippen LogP contribution in [0.3, 0.4) is 0 Å². The molecule has 0 aliphatic rings. The first-order chi connectivity index (χ1) is 14.4. The van der Waals surface area contributed by atoms with E-state index in [9.17, 15) is 13.2 Å². The molecule has 0 saturated carbocycles. The standard InChI is InChI=1S/C22H23N3O4S/c1-29-19-11-7-17(8-12-19)22(16-5-3-2-4-6-16)24-15-21(26)25-18-9-13-20(14-10-18)30(23,27)28/h2-14,22,24H,15H2,1H3,(H,25,26)(H2,23,27,28)/t22-/m1/s1. The fraction of sp³-hybridized carbons (Fsp3) is 0.136. The third-order valence-electron chi connectivity index (χ3n) is 4.52. The SMILES string of the molecule is COc1ccc([C@H](NCC(=O)Nc2ccc(S(N)(=O)=O)cc2)c2ccccc2)cc1. The quantitative estimate of drug-likeness (QED) is 0.514. The summed E-state index contributed by atoms with van der Waals surface area (Å²) in [7, 11) is -2.16. The Balaban J connectivity index is 1.69. The lowest BCUT2D eigenvalue weighted by molar-refractivity contribution is -0.115. The van der Waals surface area contributed by atoms with Gasteiger partial charge in [-0.3, -0.25) is 10.1 Å². The van der Waals surface area contributed by atoms with Crippen molar-refractivity contribution >= 4 is 21.6 Å². The second-order valence-electron chi connectivity index (χ2n) is 6.62. The van der Waals surface area contributed by atoms with Gasteiger partial charge in [-0.15, -0.1) is 0 Å². The minimum absolute atomic E-state index is 0.0118. The largest absolute Gasteiger partial charge is 0.497 e. The van der Waals surface area contributed by atoms with Gasteiger partial charge in [0.1, 0.15) is 5.75 Å². The molecule has 0 bridgehead atoms. The highest BCUT2D eigenvalue weighted by Gasteiger charge is 2.15. The van der Waals surface area contributed by atoms with E-state index < -0.39 is 10.0 Å². The van der Waals surface area contributed by atoms with Gasteiger partial charge in [0.2, 0.25) is 15.9 Å². The normalized spacial score (nSPS) is 12.2. The summed E-state index contributed by atoms with van der Waals surface area (Å²) >= 11 is 0. The van der Waals surface area contributed by atoms with E-state index >= 15 is 0 Å². The molecule has 3 aromatic rings. The lowest BCUT2D eigenvalue weighted by Crippen LogP contribution is -2.31. The molecular formula is C22H23N3O4S. The molecule has 0 aromatic heterocycles. The molecule has 1 amide bonds. The summed E-state index contributed by atoms with van der Waals surface area (Å²) in [6.07, 6.45) is 0. The van der Waals surface area contributed by atoms with E-state index in [1.165, 1.54) is 24.3 Å². The first-order valence-corrected chi connectivity index (χ1v) is 10.8. The maximum atomic E-state index is 12.4. The van der Waals surface area contributed by atoms with Crippen LogP contribution in [-0.4, -0.2) is 28.0 Å². The van der Waals surface area contributed by atoms with Crippen molar-refractivity contribution in [2.75, 3.05) is 19.0 Å². The Hall–Kier alpha value is -3.20. The molecule has 0 saturated heterocycles. The Labute approximate surface area is 175 Å².